The second-order valence-corrected chi connectivity index (χ2v) is 7.46. The molecule has 1 N–H and O–H groups in total. The lowest BCUT2D eigenvalue weighted by Crippen LogP contribution is -2.48. The van der Waals surface area contributed by atoms with E-state index in [0.29, 0.717) is 6.54 Å². The first-order valence-corrected chi connectivity index (χ1v) is 9.87. The van der Waals surface area contributed by atoms with Gasteiger partial charge in [0.2, 0.25) is 5.91 Å². The van der Waals surface area contributed by atoms with Gasteiger partial charge >= 0.3 is 0 Å². The molecule has 0 saturated carbocycles. The third-order valence-electron chi connectivity index (χ3n) is 5.46. The molecule has 29 heavy (non-hydrogen) atoms. The molecule has 0 aliphatic carbocycles. The van der Waals surface area contributed by atoms with Gasteiger partial charge in [-0.2, -0.15) is 5.10 Å². The van der Waals surface area contributed by atoms with Crippen molar-refractivity contribution in [2.45, 2.75) is 20.4 Å². The molecule has 0 unspecified atom stereocenters. The van der Waals surface area contributed by atoms with Crippen molar-refractivity contribution in [3.05, 3.63) is 35.2 Å². The lowest BCUT2D eigenvalue weighted by Gasteiger charge is -2.34. The third kappa shape index (κ3) is 5.07. The van der Waals surface area contributed by atoms with Crippen LogP contribution in [0.2, 0.25) is 0 Å². The van der Waals surface area contributed by atoms with Gasteiger partial charge in [0.05, 0.1) is 37.8 Å². The Morgan fingerprint density at radius 2 is 1.72 bits per heavy atom. The van der Waals surface area contributed by atoms with Crippen LogP contribution in [0.5, 0.6) is 11.5 Å². The van der Waals surface area contributed by atoms with Gasteiger partial charge in [-0.05, 0) is 31.5 Å². The predicted molar refractivity (Wildman–Crippen MR) is 113 cm³/mol. The number of carbonyl (C=O) groups excluding carboxylic acids is 1. The fourth-order valence-corrected chi connectivity index (χ4v) is 3.68. The first-order chi connectivity index (χ1) is 13.9. The first-order valence-electron chi connectivity index (χ1n) is 9.87. The van der Waals surface area contributed by atoms with Crippen molar-refractivity contribution in [1.82, 2.24) is 19.6 Å². The zero-order valence-electron chi connectivity index (χ0n) is 18.0. The smallest absolute Gasteiger partial charge is 0.238 e. The monoisotopic (exact) mass is 401 g/mol. The van der Waals surface area contributed by atoms with E-state index in [4.69, 9.17) is 9.47 Å². The number of rotatable bonds is 7. The molecule has 1 aromatic carbocycles. The Balaban J connectivity index is 1.48. The number of carbonyl (C=O) groups is 1. The maximum atomic E-state index is 12.5. The highest BCUT2D eigenvalue weighted by atomic mass is 16.5. The summed E-state index contributed by atoms with van der Waals surface area (Å²) in [6.45, 7) is 8.71. The zero-order valence-corrected chi connectivity index (χ0v) is 18.0. The quantitative estimate of drug-likeness (QED) is 0.763. The molecule has 1 amide bonds. The summed E-state index contributed by atoms with van der Waals surface area (Å²) in [6, 6.07) is 6.04. The SMILES string of the molecule is COc1ccc(CN2CCN(CC(=O)Nc3c(C)nn(C)c3C)CC2)cc1OC. The van der Waals surface area contributed by atoms with Crippen LogP contribution in [0.3, 0.4) is 0 Å². The number of benzene rings is 1. The number of hydrogen-bond donors (Lipinski definition) is 1. The number of ether oxygens (including phenoxy) is 2. The highest BCUT2D eigenvalue weighted by molar-refractivity contribution is 5.93. The maximum Gasteiger partial charge on any atom is 0.238 e. The minimum absolute atomic E-state index is 0.0116. The summed E-state index contributed by atoms with van der Waals surface area (Å²) in [6.07, 6.45) is 0. The molecule has 1 fully saturated rings. The summed E-state index contributed by atoms with van der Waals surface area (Å²) >= 11 is 0. The van der Waals surface area contributed by atoms with Gasteiger partial charge < -0.3 is 14.8 Å². The Labute approximate surface area is 172 Å². The molecule has 1 saturated heterocycles. The standard InChI is InChI=1S/C21H31N5O3/c1-15-21(16(2)24(3)23-15)22-20(27)14-26-10-8-25(9-11-26)13-17-6-7-18(28-4)19(12-17)29-5/h6-7,12H,8-11,13-14H2,1-5H3,(H,22,27). The molecule has 1 aliphatic rings. The fraction of sp³-hybridized carbons (Fsp3) is 0.524. The largest absolute Gasteiger partial charge is 0.493 e. The van der Waals surface area contributed by atoms with Gasteiger partial charge in [-0.25, -0.2) is 0 Å². The number of methoxy groups -OCH3 is 2. The molecule has 0 bridgehead atoms. The van der Waals surface area contributed by atoms with Crippen LogP contribution in [-0.2, 0) is 18.4 Å². The summed E-state index contributed by atoms with van der Waals surface area (Å²) in [4.78, 5) is 17.1. The molecular formula is C21H31N5O3. The topological polar surface area (TPSA) is 71.9 Å². The summed E-state index contributed by atoms with van der Waals surface area (Å²) in [7, 11) is 5.18. The summed E-state index contributed by atoms with van der Waals surface area (Å²) < 4.78 is 12.5. The normalized spacial score (nSPS) is 15.3. The number of nitrogens with zero attached hydrogens (tertiary/aromatic N) is 4. The second kappa shape index (κ2) is 9.28. The van der Waals surface area contributed by atoms with Crippen LogP contribution < -0.4 is 14.8 Å². The Morgan fingerprint density at radius 3 is 2.31 bits per heavy atom. The maximum absolute atomic E-state index is 12.5. The van der Waals surface area contributed by atoms with E-state index < -0.39 is 0 Å². The van der Waals surface area contributed by atoms with E-state index in [-0.39, 0.29) is 5.91 Å². The van der Waals surface area contributed by atoms with E-state index in [1.54, 1.807) is 18.9 Å². The van der Waals surface area contributed by atoms with E-state index in [9.17, 15) is 4.79 Å². The number of hydrogen-bond acceptors (Lipinski definition) is 6. The molecule has 2 heterocycles. The van der Waals surface area contributed by atoms with Crippen molar-refractivity contribution in [1.29, 1.82) is 0 Å². The minimum atomic E-state index is 0.0116. The van der Waals surface area contributed by atoms with Crippen LogP contribution in [0.4, 0.5) is 5.69 Å². The third-order valence-corrected chi connectivity index (χ3v) is 5.46. The molecule has 158 valence electrons. The summed E-state index contributed by atoms with van der Waals surface area (Å²) in [5.41, 5.74) is 3.83. The van der Waals surface area contributed by atoms with Crippen LogP contribution in [0.15, 0.2) is 18.2 Å². The van der Waals surface area contributed by atoms with E-state index in [0.717, 1.165) is 61.3 Å². The van der Waals surface area contributed by atoms with E-state index in [1.165, 1.54) is 5.56 Å². The van der Waals surface area contributed by atoms with Gasteiger partial charge in [0.1, 0.15) is 0 Å². The molecule has 3 rings (SSSR count). The number of aryl methyl sites for hydroxylation is 2. The average molecular weight is 402 g/mol. The van der Waals surface area contributed by atoms with Crippen LogP contribution in [0.25, 0.3) is 0 Å². The minimum Gasteiger partial charge on any atom is -0.493 e. The number of anilines is 1. The Kier molecular flexibility index (Phi) is 6.76. The average Bonchev–Trinajstić information content (AvgIpc) is 2.95. The van der Waals surface area contributed by atoms with E-state index >= 15 is 0 Å². The van der Waals surface area contributed by atoms with Crippen molar-refractivity contribution in [3.8, 4) is 11.5 Å². The van der Waals surface area contributed by atoms with Crippen molar-refractivity contribution in [2.24, 2.45) is 7.05 Å². The van der Waals surface area contributed by atoms with Crippen LogP contribution >= 0.6 is 0 Å². The van der Waals surface area contributed by atoms with Crippen molar-refractivity contribution in [3.63, 3.8) is 0 Å². The Bertz CT molecular complexity index is 856. The van der Waals surface area contributed by atoms with Gasteiger partial charge in [-0.1, -0.05) is 6.07 Å². The molecule has 2 aromatic rings. The van der Waals surface area contributed by atoms with Crippen molar-refractivity contribution < 1.29 is 14.3 Å². The van der Waals surface area contributed by atoms with Crippen LogP contribution in [-0.4, -0.2) is 72.4 Å². The first kappa shape index (κ1) is 21.1. The molecule has 8 heteroatoms. The van der Waals surface area contributed by atoms with Gasteiger partial charge in [-0.3, -0.25) is 19.3 Å². The van der Waals surface area contributed by atoms with Crippen molar-refractivity contribution in [2.75, 3.05) is 52.3 Å². The lowest BCUT2D eigenvalue weighted by molar-refractivity contribution is -0.117. The van der Waals surface area contributed by atoms with Gasteiger partial charge in [0, 0.05) is 39.8 Å². The summed E-state index contributed by atoms with van der Waals surface area (Å²) in [5, 5.41) is 7.37. The molecule has 0 radical (unpaired) electrons. The number of aromatic nitrogens is 2. The number of nitrogens with one attached hydrogen (secondary N) is 1. The van der Waals surface area contributed by atoms with Crippen LogP contribution in [0.1, 0.15) is 17.0 Å². The molecule has 0 atom stereocenters. The molecule has 0 spiro atoms. The Morgan fingerprint density at radius 1 is 1.07 bits per heavy atom. The molecule has 8 nitrogen and oxygen atoms in total. The van der Waals surface area contributed by atoms with E-state index in [1.807, 2.05) is 33.0 Å². The molecular weight excluding hydrogens is 370 g/mol. The number of amides is 1. The highest BCUT2D eigenvalue weighted by Crippen LogP contribution is 2.28. The van der Waals surface area contributed by atoms with Gasteiger partial charge in [-0.15, -0.1) is 0 Å². The fourth-order valence-electron chi connectivity index (χ4n) is 3.68. The Hall–Kier alpha value is -2.58. The predicted octanol–water partition coefficient (Wildman–Crippen LogP) is 1.81. The van der Waals surface area contributed by atoms with Crippen LogP contribution in [0, 0.1) is 13.8 Å². The molecule has 1 aromatic heterocycles. The van der Waals surface area contributed by atoms with Gasteiger partial charge in [0.25, 0.3) is 0 Å². The second-order valence-electron chi connectivity index (χ2n) is 7.46. The lowest BCUT2D eigenvalue weighted by atomic mass is 10.1. The molecule has 1 aliphatic heterocycles. The highest BCUT2D eigenvalue weighted by Gasteiger charge is 2.20. The van der Waals surface area contributed by atoms with Crippen molar-refractivity contribution >= 4 is 11.6 Å². The van der Waals surface area contributed by atoms with E-state index in [2.05, 4.69) is 26.3 Å². The number of piperazine rings is 1. The summed E-state index contributed by atoms with van der Waals surface area (Å²) in [5.74, 6) is 1.50. The van der Waals surface area contributed by atoms with Gasteiger partial charge in [0.15, 0.2) is 11.5 Å². The zero-order chi connectivity index (χ0) is 21.0.